The number of nitrogens with one attached hydrogen (secondary N) is 1. The van der Waals surface area contributed by atoms with Crippen LogP contribution in [-0.4, -0.2) is 45.5 Å². The first-order chi connectivity index (χ1) is 12.7. The molecule has 1 atom stereocenters. The number of ether oxygens (including phenoxy) is 1. The second-order valence-corrected chi connectivity index (χ2v) is 9.43. The van der Waals surface area contributed by atoms with Gasteiger partial charge in [0.2, 0.25) is 15.9 Å². The fraction of sp³-hybridized carbons (Fsp3) is 0.650. The van der Waals surface area contributed by atoms with Crippen molar-refractivity contribution < 1.29 is 17.9 Å². The van der Waals surface area contributed by atoms with Crippen molar-refractivity contribution in [2.24, 2.45) is 5.92 Å². The quantitative estimate of drug-likeness (QED) is 0.769. The zero-order chi connectivity index (χ0) is 20.2. The largest absolute Gasteiger partial charge is 0.497 e. The van der Waals surface area contributed by atoms with Gasteiger partial charge in [-0.05, 0) is 68.7 Å². The van der Waals surface area contributed by atoms with Crippen molar-refractivity contribution in [1.29, 1.82) is 0 Å². The minimum absolute atomic E-state index is 0.115. The summed E-state index contributed by atoms with van der Waals surface area (Å²) in [6, 6.07) is 2.66. The van der Waals surface area contributed by atoms with Crippen LogP contribution in [0.5, 0.6) is 5.75 Å². The molecule has 1 saturated heterocycles. The number of rotatable bonds is 7. The number of methoxy groups -OCH3 is 1. The second-order valence-electron chi connectivity index (χ2n) is 7.78. The van der Waals surface area contributed by atoms with Gasteiger partial charge < -0.3 is 9.64 Å². The molecular weight excluding hydrogens is 364 g/mol. The number of carbonyl (C=O) groups is 1. The molecule has 1 aromatic rings. The average Bonchev–Trinajstić information content (AvgIpc) is 2.59. The Labute approximate surface area is 163 Å². The lowest BCUT2D eigenvalue weighted by Crippen LogP contribution is -2.50. The molecule has 1 aliphatic heterocycles. The number of hydrogen-bond acceptors (Lipinski definition) is 4. The third kappa shape index (κ3) is 5.45. The van der Waals surface area contributed by atoms with E-state index >= 15 is 0 Å². The summed E-state index contributed by atoms with van der Waals surface area (Å²) in [5.41, 5.74) is 1.21. The van der Waals surface area contributed by atoms with Crippen molar-refractivity contribution in [2.45, 2.75) is 64.3 Å². The Bertz CT molecular complexity index is 745. The first kappa shape index (κ1) is 21.7. The smallest absolute Gasteiger partial charge is 0.241 e. The molecule has 152 valence electrons. The molecule has 6 nitrogen and oxygen atoms in total. The molecule has 1 heterocycles. The highest BCUT2D eigenvalue weighted by atomic mass is 32.2. The molecule has 7 heteroatoms. The van der Waals surface area contributed by atoms with Gasteiger partial charge in [0.05, 0.1) is 12.0 Å². The van der Waals surface area contributed by atoms with Gasteiger partial charge in [-0.1, -0.05) is 13.8 Å². The van der Waals surface area contributed by atoms with Crippen molar-refractivity contribution in [3.8, 4) is 5.75 Å². The minimum Gasteiger partial charge on any atom is -0.497 e. The molecule has 1 aliphatic rings. The number of amides is 1. The van der Waals surface area contributed by atoms with Gasteiger partial charge in [0.25, 0.3) is 0 Å². The molecule has 1 aromatic carbocycles. The summed E-state index contributed by atoms with van der Waals surface area (Å²) in [6.07, 6.45) is 3.55. The topological polar surface area (TPSA) is 75.7 Å². The van der Waals surface area contributed by atoms with Gasteiger partial charge in [0.1, 0.15) is 11.8 Å². The van der Waals surface area contributed by atoms with Crippen LogP contribution in [0.4, 0.5) is 0 Å². The molecule has 1 N–H and O–H groups in total. The van der Waals surface area contributed by atoms with Crippen molar-refractivity contribution in [3.05, 3.63) is 23.3 Å². The van der Waals surface area contributed by atoms with E-state index in [-0.39, 0.29) is 16.7 Å². The predicted molar refractivity (Wildman–Crippen MR) is 106 cm³/mol. The molecule has 0 bridgehead atoms. The minimum atomic E-state index is -3.83. The number of likely N-dealkylation sites (tertiary alicyclic amines) is 1. The zero-order valence-corrected chi connectivity index (χ0v) is 17.9. The van der Waals surface area contributed by atoms with Gasteiger partial charge >= 0.3 is 0 Å². The highest BCUT2D eigenvalue weighted by Crippen LogP contribution is 2.26. The van der Waals surface area contributed by atoms with Crippen LogP contribution in [0.3, 0.4) is 0 Å². The predicted octanol–water partition coefficient (Wildman–Crippen LogP) is 3.02. The number of hydrogen-bond donors (Lipinski definition) is 1. The van der Waals surface area contributed by atoms with Gasteiger partial charge in [0, 0.05) is 13.1 Å². The maximum atomic E-state index is 13.1. The Hall–Kier alpha value is -1.60. The van der Waals surface area contributed by atoms with Crippen molar-refractivity contribution in [3.63, 3.8) is 0 Å². The first-order valence-electron chi connectivity index (χ1n) is 9.62. The molecular formula is C20H32N2O4S. The molecule has 0 saturated carbocycles. The van der Waals surface area contributed by atoms with E-state index in [2.05, 4.69) is 4.72 Å². The van der Waals surface area contributed by atoms with Gasteiger partial charge in [-0.3, -0.25) is 4.79 Å². The summed E-state index contributed by atoms with van der Waals surface area (Å²) in [6.45, 7) is 8.89. The van der Waals surface area contributed by atoms with Gasteiger partial charge in [-0.15, -0.1) is 0 Å². The Morgan fingerprint density at radius 1 is 1.15 bits per heavy atom. The number of carbonyl (C=O) groups excluding carboxylic acids is 1. The number of aryl methyl sites for hydroxylation is 2. The lowest BCUT2D eigenvalue weighted by Gasteiger charge is -2.31. The zero-order valence-electron chi connectivity index (χ0n) is 17.0. The van der Waals surface area contributed by atoms with Crippen LogP contribution < -0.4 is 9.46 Å². The van der Waals surface area contributed by atoms with Crippen molar-refractivity contribution in [1.82, 2.24) is 9.62 Å². The number of sulfonamides is 1. The molecule has 1 amide bonds. The summed E-state index contributed by atoms with van der Waals surface area (Å²) in [7, 11) is -2.28. The fourth-order valence-corrected chi connectivity index (χ4v) is 5.36. The Balaban J connectivity index is 2.31. The summed E-state index contributed by atoms with van der Waals surface area (Å²) >= 11 is 0. The van der Waals surface area contributed by atoms with Crippen LogP contribution in [0.15, 0.2) is 17.0 Å². The maximum absolute atomic E-state index is 13.1. The third-order valence-corrected chi connectivity index (χ3v) is 6.68. The van der Waals surface area contributed by atoms with E-state index in [4.69, 9.17) is 4.74 Å². The number of piperidine rings is 1. The van der Waals surface area contributed by atoms with E-state index in [1.54, 1.807) is 38.0 Å². The molecule has 0 aromatic heterocycles. The molecule has 0 unspecified atom stereocenters. The lowest BCUT2D eigenvalue weighted by molar-refractivity contribution is -0.134. The van der Waals surface area contributed by atoms with Gasteiger partial charge in [-0.25, -0.2) is 8.42 Å². The molecule has 0 spiro atoms. The fourth-order valence-electron chi connectivity index (χ4n) is 3.70. The summed E-state index contributed by atoms with van der Waals surface area (Å²) in [5, 5.41) is 0. The lowest BCUT2D eigenvalue weighted by atomic mass is 10.0. The van der Waals surface area contributed by atoms with E-state index in [0.29, 0.717) is 36.4 Å². The molecule has 2 rings (SSSR count). The van der Waals surface area contributed by atoms with Gasteiger partial charge in [-0.2, -0.15) is 4.72 Å². The highest BCUT2D eigenvalue weighted by Gasteiger charge is 2.31. The van der Waals surface area contributed by atoms with E-state index in [1.165, 1.54) is 0 Å². The highest BCUT2D eigenvalue weighted by molar-refractivity contribution is 7.89. The van der Waals surface area contributed by atoms with Crippen molar-refractivity contribution >= 4 is 15.9 Å². The number of nitrogens with zero attached hydrogens (tertiary/aromatic N) is 1. The average molecular weight is 397 g/mol. The van der Waals surface area contributed by atoms with E-state index in [0.717, 1.165) is 19.3 Å². The standard InChI is InChI=1S/C20H32N2O4S/c1-14(2)11-18(20(23)22-9-7-6-8-10-22)21-27(24,25)19-15(3)12-17(26-5)13-16(19)4/h12-14,18,21H,6-11H2,1-5H3/t18-/m0/s1. The third-order valence-electron chi connectivity index (χ3n) is 4.91. The molecule has 1 fully saturated rings. The normalized spacial score (nSPS) is 16.4. The van der Waals surface area contributed by atoms with E-state index in [1.807, 2.05) is 13.8 Å². The van der Waals surface area contributed by atoms with Gasteiger partial charge in [0.15, 0.2) is 0 Å². The Morgan fingerprint density at radius 2 is 1.70 bits per heavy atom. The monoisotopic (exact) mass is 396 g/mol. The van der Waals surface area contributed by atoms with Crippen molar-refractivity contribution in [2.75, 3.05) is 20.2 Å². The van der Waals surface area contributed by atoms with Crippen LogP contribution >= 0.6 is 0 Å². The number of benzene rings is 1. The SMILES string of the molecule is COc1cc(C)c(S(=O)(=O)N[C@@H](CC(C)C)C(=O)N2CCCCC2)c(C)c1. The first-order valence-corrected chi connectivity index (χ1v) is 11.1. The Kier molecular flexibility index (Phi) is 7.28. The van der Waals surface area contributed by atoms with Crippen LogP contribution in [0.2, 0.25) is 0 Å². The molecule has 27 heavy (non-hydrogen) atoms. The van der Waals surface area contributed by atoms with Crippen LogP contribution in [0.25, 0.3) is 0 Å². The maximum Gasteiger partial charge on any atom is 0.241 e. The summed E-state index contributed by atoms with van der Waals surface area (Å²) in [5.74, 6) is 0.701. The van der Waals surface area contributed by atoms with E-state index < -0.39 is 16.1 Å². The van der Waals surface area contributed by atoms with Crippen LogP contribution in [0.1, 0.15) is 50.7 Å². The van der Waals surface area contributed by atoms with E-state index in [9.17, 15) is 13.2 Å². The molecule has 0 radical (unpaired) electrons. The summed E-state index contributed by atoms with van der Waals surface area (Å²) < 4.78 is 34.2. The second kappa shape index (κ2) is 9.06. The summed E-state index contributed by atoms with van der Waals surface area (Å²) in [4.78, 5) is 15.0. The molecule has 0 aliphatic carbocycles. The van der Waals surface area contributed by atoms with Crippen LogP contribution in [0, 0.1) is 19.8 Å². The van der Waals surface area contributed by atoms with Crippen LogP contribution in [-0.2, 0) is 14.8 Å². The Morgan fingerprint density at radius 3 is 2.19 bits per heavy atom.